The van der Waals surface area contributed by atoms with Gasteiger partial charge >= 0.3 is 0 Å². The van der Waals surface area contributed by atoms with Crippen LogP contribution in [0.25, 0.3) is 0 Å². The lowest BCUT2D eigenvalue weighted by Crippen LogP contribution is -2.51. The molecule has 2 aromatic rings. The number of hydrogen-bond donors (Lipinski definition) is 0. The van der Waals surface area contributed by atoms with Gasteiger partial charge in [0.15, 0.2) is 0 Å². The Balaban J connectivity index is 1.36. The maximum absolute atomic E-state index is 13.2. The van der Waals surface area contributed by atoms with E-state index in [1.165, 1.54) is 11.3 Å². The van der Waals surface area contributed by atoms with Gasteiger partial charge in [-0.2, -0.15) is 0 Å². The zero-order valence-electron chi connectivity index (χ0n) is 18.5. The molecule has 1 fully saturated rings. The van der Waals surface area contributed by atoms with Crippen LogP contribution in [0.1, 0.15) is 37.1 Å². The molecule has 1 aliphatic heterocycles. The van der Waals surface area contributed by atoms with E-state index in [-0.39, 0.29) is 5.92 Å². The highest BCUT2D eigenvalue weighted by atomic mass is 16.2. The highest BCUT2D eigenvalue weighted by Gasteiger charge is 2.31. The third-order valence-corrected chi connectivity index (χ3v) is 6.52. The lowest BCUT2D eigenvalue weighted by molar-refractivity contribution is -0.136. The number of piperazine rings is 1. The molecule has 1 aromatic heterocycles. The van der Waals surface area contributed by atoms with E-state index in [0.717, 1.165) is 75.7 Å². The normalized spacial score (nSPS) is 18.8. The van der Waals surface area contributed by atoms with Crippen LogP contribution in [0.3, 0.4) is 0 Å². The van der Waals surface area contributed by atoms with E-state index >= 15 is 0 Å². The van der Waals surface area contributed by atoms with Gasteiger partial charge in [-0.15, -0.1) is 0 Å². The zero-order valence-corrected chi connectivity index (χ0v) is 18.5. The number of nitrogens with zero attached hydrogens (tertiary/aromatic N) is 5. The molecule has 1 saturated heterocycles. The molecule has 2 heterocycles. The Labute approximate surface area is 179 Å². The monoisotopic (exact) mass is 407 g/mol. The van der Waals surface area contributed by atoms with Crippen LogP contribution < -0.4 is 9.80 Å². The first-order chi connectivity index (χ1) is 14.6. The molecule has 0 radical (unpaired) electrons. The minimum atomic E-state index is 0.0614. The van der Waals surface area contributed by atoms with Crippen LogP contribution >= 0.6 is 0 Å². The first-order valence-electron chi connectivity index (χ1n) is 11.3. The summed E-state index contributed by atoms with van der Waals surface area (Å²) >= 11 is 0. The summed E-state index contributed by atoms with van der Waals surface area (Å²) in [7, 11) is 0. The summed E-state index contributed by atoms with van der Waals surface area (Å²) in [6.45, 7) is 11.6. The van der Waals surface area contributed by atoms with Crippen LogP contribution in [0.2, 0.25) is 0 Å². The molecule has 0 bridgehead atoms. The number of benzene rings is 1. The third kappa shape index (κ3) is 4.27. The van der Waals surface area contributed by atoms with Gasteiger partial charge < -0.3 is 14.7 Å². The van der Waals surface area contributed by atoms with Gasteiger partial charge in [-0.25, -0.2) is 9.97 Å². The summed E-state index contributed by atoms with van der Waals surface area (Å²) in [4.78, 5) is 29.2. The summed E-state index contributed by atoms with van der Waals surface area (Å²) in [5, 5.41) is 0. The fraction of sp³-hybridized carbons (Fsp3) is 0.542. The van der Waals surface area contributed by atoms with E-state index in [4.69, 9.17) is 4.98 Å². The van der Waals surface area contributed by atoms with Gasteiger partial charge in [0, 0.05) is 62.8 Å². The number of amides is 1. The maximum atomic E-state index is 13.2. The summed E-state index contributed by atoms with van der Waals surface area (Å²) < 4.78 is 0. The minimum absolute atomic E-state index is 0.0614. The van der Waals surface area contributed by atoms with Gasteiger partial charge in [0.05, 0.1) is 0 Å². The standard InChI is InChI=1S/C24H33N5O/c1-4-27(5-2)24-25-17-20-16-19(8-11-22(20)26-24)23(30)29-14-12-28(13-15-29)21-9-6-18(3)7-10-21/h6-7,9-10,17,19H,4-5,8,11-16H2,1-3H3/t19-/m0/s1. The summed E-state index contributed by atoms with van der Waals surface area (Å²) in [5.41, 5.74) is 4.80. The van der Waals surface area contributed by atoms with Gasteiger partial charge in [0.2, 0.25) is 11.9 Å². The maximum Gasteiger partial charge on any atom is 0.226 e. The summed E-state index contributed by atoms with van der Waals surface area (Å²) in [6, 6.07) is 8.66. The fourth-order valence-corrected chi connectivity index (χ4v) is 4.57. The topological polar surface area (TPSA) is 52.6 Å². The van der Waals surface area contributed by atoms with Crippen LogP contribution in [0, 0.1) is 12.8 Å². The first-order valence-corrected chi connectivity index (χ1v) is 11.3. The highest BCUT2D eigenvalue weighted by molar-refractivity contribution is 5.80. The molecular weight excluding hydrogens is 374 g/mol. The minimum Gasteiger partial charge on any atom is -0.368 e. The van der Waals surface area contributed by atoms with Crippen molar-refractivity contribution in [3.63, 3.8) is 0 Å². The van der Waals surface area contributed by atoms with Gasteiger partial charge in [-0.1, -0.05) is 17.7 Å². The Morgan fingerprint density at radius 3 is 2.47 bits per heavy atom. The lowest BCUT2D eigenvalue weighted by atomic mass is 9.86. The molecular formula is C24H33N5O. The molecule has 1 aromatic carbocycles. The zero-order chi connectivity index (χ0) is 21.1. The average Bonchev–Trinajstić information content (AvgIpc) is 2.79. The molecule has 0 spiro atoms. The fourth-order valence-electron chi connectivity index (χ4n) is 4.57. The van der Waals surface area contributed by atoms with Crippen molar-refractivity contribution < 1.29 is 4.79 Å². The van der Waals surface area contributed by atoms with Crippen LogP contribution in [0.15, 0.2) is 30.5 Å². The Morgan fingerprint density at radius 2 is 1.80 bits per heavy atom. The molecule has 1 amide bonds. The quantitative estimate of drug-likeness (QED) is 0.762. The van der Waals surface area contributed by atoms with Crippen molar-refractivity contribution in [3.8, 4) is 0 Å². The van der Waals surface area contributed by atoms with E-state index in [1.807, 2.05) is 6.20 Å². The molecule has 160 valence electrons. The first kappa shape index (κ1) is 20.6. The Bertz CT molecular complexity index is 870. The highest BCUT2D eigenvalue weighted by Crippen LogP contribution is 2.27. The van der Waals surface area contributed by atoms with Crippen LogP contribution in [0.5, 0.6) is 0 Å². The van der Waals surface area contributed by atoms with E-state index in [1.54, 1.807) is 0 Å². The predicted molar refractivity (Wildman–Crippen MR) is 121 cm³/mol. The molecule has 1 aliphatic carbocycles. The molecule has 2 aliphatic rings. The number of aromatic nitrogens is 2. The number of carbonyl (C=O) groups excluding carboxylic acids is 1. The summed E-state index contributed by atoms with van der Waals surface area (Å²) in [6.07, 6.45) is 4.47. The van der Waals surface area contributed by atoms with E-state index < -0.39 is 0 Å². The molecule has 4 rings (SSSR count). The second-order valence-corrected chi connectivity index (χ2v) is 8.40. The van der Waals surface area contributed by atoms with Crippen molar-refractivity contribution in [1.82, 2.24) is 14.9 Å². The molecule has 6 heteroatoms. The van der Waals surface area contributed by atoms with Gasteiger partial charge in [0.25, 0.3) is 0 Å². The van der Waals surface area contributed by atoms with E-state index in [9.17, 15) is 4.79 Å². The number of hydrogen-bond acceptors (Lipinski definition) is 5. The van der Waals surface area contributed by atoms with Crippen LogP contribution in [-0.4, -0.2) is 60.0 Å². The van der Waals surface area contributed by atoms with Crippen molar-refractivity contribution in [2.24, 2.45) is 5.92 Å². The number of rotatable bonds is 5. The SMILES string of the molecule is CCN(CC)c1ncc2c(n1)CC[C@H](C(=O)N1CCN(c3ccc(C)cc3)CC1)C2. The van der Waals surface area contributed by atoms with Crippen molar-refractivity contribution in [2.45, 2.75) is 40.0 Å². The smallest absolute Gasteiger partial charge is 0.226 e. The van der Waals surface area contributed by atoms with E-state index in [0.29, 0.717) is 5.91 Å². The Morgan fingerprint density at radius 1 is 1.10 bits per heavy atom. The summed E-state index contributed by atoms with van der Waals surface area (Å²) in [5.74, 6) is 1.18. The average molecular weight is 408 g/mol. The van der Waals surface area contributed by atoms with Crippen molar-refractivity contribution >= 4 is 17.5 Å². The molecule has 6 nitrogen and oxygen atoms in total. The van der Waals surface area contributed by atoms with Crippen molar-refractivity contribution in [2.75, 3.05) is 49.1 Å². The van der Waals surface area contributed by atoms with Crippen molar-refractivity contribution in [3.05, 3.63) is 47.3 Å². The number of anilines is 2. The van der Waals surface area contributed by atoms with Crippen LogP contribution in [-0.2, 0) is 17.6 Å². The molecule has 1 atom stereocenters. The van der Waals surface area contributed by atoms with Crippen LogP contribution in [0.4, 0.5) is 11.6 Å². The number of fused-ring (bicyclic) bond motifs is 1. The largest absolute Gasteiger partial charge is 0.368 e. The number of carbonyl (C=O) groups is 1. The third-order valence-electron chi connectivity index (χ3n) is 6.52. The molecule has 0 saturated carbocycles. The number of aryl methyl sites for hydroxylation is 2. The van der Waals surface area contributed by atoms with E-state index in [2.05, 4.69) is 64.7 Å². The second-order valence-electron chi connectivity index (χ2n) is 8.40. The molecule has 0 N–H and O–H groups in total. The second kappa shape index (κ2) is 9.02. The molecule has 30 heavy (non-hydrogen) atoms. The van der Waals surface area contributed by atoms with Gasteiger partial charge in [-0.3, -0.25) is 4.79 Å². The Hall–Kier alpha value is -2.63. The van der Waals surface area contributed by atoms with Crippen molar-refractivity contribution in [1.29, 1.82) is 0 Å². The van der Waals surface area contributed by atoms with Gasteiger partial charge in [-0.05, 0) is 57.7 Å². The lowest BCUT2D eigenvalue weighted by Gasteiger charge is -2.38. The Kier molecular flexibility index (Phi) is 6.21. The predicted octanol–water partition coefficient (Wildman–Crippen LogP) is 3.08. The van der Waals surface area contributed by atoms with Gasteiger partial charge in [0.1, 0.15) is 0 Å². The molecule has 0 unspecified atom stereocenters.